The molecule has 0 saturated heterocycles. The van der Waals surface area contributed by atoms with E-state index in [0.717, 1.165) is 0 Å². The molecule has 0 bridgehead atoms. The highest BCUT2D eigenvalue weighted by Gasteiger charge is 2.27. The average molecular weight is 245 g/mol. The monoisotopic (exact) mass is 245 g/mol. The number of carbonyl (C=O) groups excluding carboxylic acids is 1. The molecule has 1 rings (SSSR count). The molecule has 0 aromatic heterocycles. The summed E-state index contributed by atoms with van der Waals surface area (Å²) in [6, 6.07) is 9.24. The van der Waals surface area contributed by atoms with Gasteiger partial charge in [-0.05, 0) is 23.6 Å². The number of methoxy groups -OCH3 is 1. The van der Waals surface area contributed by atoms with Crippen LogP contribution in [-0.2, 0) is 4.79 Å². The Hall–Kier alpha value is -1.82. The van der Waals surface area contributed by atoms with Gasteiger partial charge in [-0.2, -0.15) is 5.26 Å². The van der Waals surface area contributed by atoms with Gasteiger partial charge in [-0.25, -0.2) is 0 Å². The normalized spacial score (nSPS) is 13.8. The predicted octanol–water partition coefficient (Wildman–Crippen LogP) is 3.16. The molecule has 2 atom stereocenters. The van der Waals surface area contributed by atoms with Gasteiger partial charge < -0.3 is 4.74 Å². The fourth-order valence-corrected chi connectivity index (χ4v) is 1.71. The summed E-state index contributed by atoms with van der Waals surface area (Å²) in [4.78, 5) is 12.3. The van der Waals surface area contributed by atoms with Crippen LogP contribution in [0.15, 0.2) is 24.3 Å². The van der Waals surface area contributed by atoms with Crippen molar-refractivity contribution in [2.75, 3.05) is 7.11 Å². The lowest BCUT2D eigenvalue weighted by molar-refractivity contribution is -0.123. The number of benzene rings is 1. The van der Waals surface area contributed by atoms with Crippen molar-refractivity contribution in [3.05, 3.63) is 29.8 Å². The van der Waals surface area contributed by atoms with Gasteiger partial charge in [-0.15, -0.1) is 0 Å². The Morgan fingerprint density at radius 3 is 2.50 bits per heavy atom. The molecule has 0 N–H and O–H groups in total. The van der Waals surface area contributed by atoms with Gasteiger partial charge in [-0.3, -0.25) is 4.79 Å². The first-order valence-corrected chi connectivity index (χ1v) is 6.08. The Labute approximate surface area is 108 Å². The zero-order chi connectivity index (χ0) is 13.7. The van der Waals surface area contributed by atoms with E-state index in [9.17, 15) is 10.1 Å². The van der Waals surface area contributed by atoms with E-state index >= 15 is 0 Å². The minimum absolute atomic E-state index is 0.0271. The summed E-state index contributed by atoms with van der Waals surface area (Å²) in [6.45, 7) is 5.85. The van der Waals surface area contributed by atoms with Crippen LogP contribution >= 0.6 is 0 Å². The van der Waals surface area contributed by atoms with E-state index in [0.29, 0.717) is 11.3 Å². The topological polar surface area (TPSA) is 50.1 Å². The zero-order valence-corrected chi connectivity index (χ0v) is 11.3. The SMILES string of the molecule is COc1cccc(C(C#N)C(=O)C(C)C(C)C)c1. The third-order valence-corrected chi connectivity index (χ3v) is 3.29. The second kappa shape index (κ2) is 6.20. The summed E-state index contributed by atoms with van der Waals surface area (Å²) < 4.78 is 5.12. The molecule has 0 saturated carbocycles. The Morgan fingerprint density at radius 1 is 1.33 bits per heavy atom. The number of nitrogens with zero attached hydrogens (tertiary/aromatic N) is 1. The lowest BCUT2D eigenvalue weighted by Crippen LogP contribution is -2.23. The van der Waals surface area contributed by atoms with Gasteiger partial charge in [0.15, 0.2) is 5.78 Å². The smallest absolute Gasteiger partial charge is 0.157 e. The lowest BCUT2D eigenvalue weighted by Gasteiger charge is -2.18. The van der Waals surface area contributed by atoms with Crippen molar-refractivity contribution in [2.45, 2.75) is 26.7 Å². The molecule has 0 aliphatic rings. The Balaban J connectivity index is 3.03. The van der Waals surface area contributed by atoms with Crippen LogP contribution in [0.5, 0.6) is 5.75 Å². The molecular formula is C15H19NO2. The maximum Gasteiger partial charge on any atom is 0.157 e. The Kier molecular flexibility index (Phi) is 4.91. The minimum atomic E-state index is -0.711. The van der Waals surface area contributed by atoms with Crippen LogP contribution in [0.4, 0.5) is 0 Å². The van der Waals surface area contributed by atoms with Crippen molar-refractivity contribution < 1.29 is 9.53 Å². The van der Waals surface area contributed by atoms with Gasteiger partial charge in [0.05, 0.1) is 13.2 Å². The number of ketones is 1. The van der Waals surface area contributed by atoms with Crippen molar-refractivity contribution in [1.29, 1.82) is 5.26 Å². The van der Waals surface area contributed by atoms with E-state index in [1.54, 1.807) is 31.4 Å². The molecule has 0 amide bonds. The summed E-state index contributed by atoms with van der Waals surface area (Å²) in [5, 5.41) is 9.23. The van der Waals surface area contributed by atoms with Crippen LogP contribution in [0.25, 0.3) is 0 Å². The summed E-state index contributed by atoms with van der Waals surface area (Å²) in [6.07, 6.45) is 0. The van der Waals surface area contributed by atoms with Crippen LogP contribution in [0.1, 0.15) is 32.3 Å². The number of hydrogen-bond acceptors (Lipinski definition) is 3. The third kappa shape index (κ3) is 3.10. The molecular weight excluding hydrogens is 226 g/mol. The van der Waals surface area contributed by atoms with Crippen LogP contribution in [0.3, 0.4) is 0 Å². The molecule has 0 heterocycles. The summed E-state index contributed by atoms with van der Waals surface area (Å²) >= 11 is 0. The van der Waals surface area contributed by atoms with E-state index in [2.05, 4.69) is 6.07 Å². The molecule has 2 unspecified atom stereocenters. The molecule has 0 fully saturated rings. The highest BCUT2D eigenvalue weighted by atomic mass is 16.5. The largest absolute Gasteiger partial charge is 0.497 e. The number of hydrogen-bond donors (Lipinski definition) is 0. The fourth-order valence-electron chi connectivity index (χ4n) is 1.71. The van der Waals surface area contributed by atoms with Crippen molar-refractivity contribution >= 4 is 5.78 Å². The number of nitriles is 1. The number of ether oxygens (including phenoxy) is 1. The highest BCUT2D eigenvalue weighted by Crippen LogP contribution is 2.26. The van der Waals surface area contributed by atoms with Gasteiger partial charge in [0, 0.05) is 5.92 Å². The third-order valence-electron chi connectivity index (χ3n) is 3.29. The molecule has 18 heavy (non-hydrogen) atoms. The molecule has 1 aromatic carbocycles. The molecule has 0 spiro atoms. The first kappa shape index (κ1) is 14.2. The maximum absolute atomic E-state index is 12.3. The summed E-state index contributed by atoms with van der Waals surface area (Å²) in [5.41, 5.74) is 0.703. The lowest BCUT2D eigenvalue weighted by atomic mass is 9.84. The Bertz CT molecular complexity index is 460. The van der Waals surface area contributed by atoms with Crippen molar-refractivity contribution in [2.24, 2.45) is 11.8 Å². The molecule has 3 nitrogen and oxygen atoms in total. The maximum atomic E-state index is 12.3. The van der Waals surface area contributed by atoms with E-state index in [-0.39, 0.29) is 17.6 Å². The first-order valence-electron chi connectivity index (χ1n) is 6.08. The number of carbonyl (C=O) groups is 1. The molecule has 0 aliphatic carbocycles. The molecule has 1 aromatic rings. The molecule has 96 valence electrons. The van der Waals surface area contributed by atoms with Gasteiger partial charge >= 0.3 is 0 Å². The van der Waals surface area contributed by atoms with Crippen molar-refractivity contribution in [3.8, 4) is 11.8 Å². The molecule has 3 heteroatoms. The van der Waals surface area contributed by atoms with E-state index < -0.39 is 5.92 Å². The van der Waals surface area contributed by atoms with Gasteiger partial charge in [0.2, 0.25) is 0 Å². The summed E-state index contributed by atoms with van der Waals surface area (Å²) in [5.74, 6) is 0.0378. The van der Waals surface area contributed by atoms with Gasteiger partial charge in [-0.1, -0.05) is 32.9 Å². The fraction of sp³-hybridized carbons (Fsp3) is 0.467. The van der Waals surface area contributed by atoms with E-state index in [1.807, 2.05) is 20.8 Å². The second-order valence-corrected chi connectivity index (χ2v) is 4.77. The van der Waals surface area contributed by atoms with Gasteiger partial charge in [0.1, 0.15) is 11.7 Å². The van der Waals surface area contributed by atoms with E-state index in [4.69, 9.17) is 4.74 Å². The van der Waals surface area contributed by atoms with Crippen LogP contribution in [-0.4, -0.2) is 12.9 Å². The van der Waals surface area contributed by atoms with Crippen molar-refractivity contribution in [1.82, 2.24) is 0 Å². The molecule has 0 aliphatic heterocycles. The van der Waals surface area contributed by atoms with Crippen LogP contribution < -0.4 is 4.74 Å². The Morgan fingerprint density at radius 2 is 2.00 bits per heavy atom. The molecule has 0 radical (unpaired) electrons. The first-order chi connectivity index (χ1) is 8.51. The minimum Gasteiger partial charge on any atom is -0.497 e. The van der Waals surface area contributed by atoms with Gasteiger partial charge in [0.25, 0.3) is 0 Å². The quantitative estimate of drug-likeness (QED) is 0.800. The zero-order valence-electron chi connectivity index (χ0n) is 11.3. The number of Topliss-reactive ketones (excluding diaryl/α,β-unsaturated/α-hetero) is 1. The predicted molar refractivity (Wildman–Crippen MR) is 70.4 cm³/mol. The van der Waals surface area contributed by atoms with Crippen LogP contribution in [0.2, 0.25) is 0 Å². The second-order valence-electron chi connectivity index (χ2n) is 4.77. The number of rotatable bonds is 5. The standard InChI is InChI=1S/C15H19NO2/c1-10(2)11(3)15(17)14(9-16)12-6-5-7-13(8-12)18-4/h5-8,10-11,14H,1-4H3. The van der Waals surface area contributed by atoms with E-state index in [1.165, 1.54) is 0 Å². The highest BCUT2D eigenvalue weighted by molar-refractivity contribution is 5.90. The van der Waals surface area contributed by atoms with Crippen LogP contribution in [0, 0.1) is 23.2 Å². The van der Waals surface area contributed by atoms with Crippen molar-refractivity contribution in [3.63, 3.8) is 0 Å². The average Bonchev–Trinajstić information content (AvgIpc) is 2.38. The summed E-state index contributed by atoms with van der Waals surface area (Å²) in [7, 11) is 1.57.